The van der Waals surface area contributed by atoms with Crippen LogP contribution < -0.4 is 5.32 Å². The van der Waals surface area contributed by atoms with Gasteiger partial charge in [-0.1, -0.05) is 37.0 Å². The standard InChI is InChI=1S/C11H14Cl2N2/c1-7(2)5-11(14)15-8-3-4-9(12)10(13)6-8/h3-4,6-7H,5H2,1-2H3,(H2,14,15). The number of hydrogen-bond donors (Lipinski definition) is 2. The molecule has 0 aliphatic heterocycles. The maximum absolute atomic E-state index is 7.69. The van der Waals surface area contributed by atoms with Crippen molar-refractivity contribution in [2.75, 3.05) is 5.32 Å². The van der Waals surface area contributed by atoms with Crippen LogP contribution in [0.5, 0.6) is 0 Å². The molecule has 15 heavy (non-hydrogen) atoms. The van der Waals surface area contributed by atoms with Crippen LogP contribution in [0.25, 0.3) is 0 Å². The van der Waals surface area contributed by atoms with E-state index in [-0.39, 0.29) is 0 Å². The Morgan fingerprint density at radius 3 is 2.53 bits per heavy atom. The predicted molar refractivity (Wildman–Crippen MR) is 67.3 cm³/mol. The van der Waals surface area contributed by atoms with Crippen molar-refractivity contribution in [1.29, 1.82) is 5.41 Å². The van der Waals surface area contributed by atoms with E-state index < -0.39 is 0 Å². The molecule has 2 nitrogen and oxygen atoms in total. The maximum Gasteiger partial charge on any atom is 0.0978 e. The molecule has 1 aromatic rings. The Bertz CT molecular complexity index is 362. The number of anilines is 1. The smallest absolute Gasteiger partial charge is 0.0978 e. The van der Waals surface area contributed by atoms with E-state index in [1.165, 1.54) is 0 Å². The summed E-state index contributed by atoms with van der Waals surface area (Å²) >= 11 is 11.6. The number of rotatable bonds is 3. The second-order valence-electron chi connectivity index (χ2n) is 3.83. The van der Waals surface area contributed by atoms with E-state index >= 15 is 0 Å². The van der Waals surface area contributed by atoms with Crippen LogP contribution in [0.3, 0.4) is 0 Å². The number of halogens is 2. The van der Waals surface area contributed by atoms with Crippen LogP contribution in [0.2, 0.25) is 10.0 Å². The van der Waals surface area contributed by atoms with Crippen LogP contribution in [0, 0.1) is 11.3 Å². The van der Waals surface area contributed by atoms with Crippen LogP contribution in [0.1, 0.15) is 20.3 Å². The second kappa shape index (κ2) is 5.38. The number of nitrogens with one attached hydrogen (secondary N) is 2. The van der Waals surface area contributed by atoms with Gasteiger partial charge in [-0.2, -0.15) is 0 Å². The van der Waals surface area contributed by atoms with Crippen LogP contribution >= 0.6 is 23.2 Å². The summed E-state index contributed by atoms with van der Waals surface area (Å²) in [6, 6.07) is 5.25. The van der Waals surface area contributed by atoms with Crippen molar-refractivity contribution in [2.24, 2.45) is 5.92 Å². The molecule has 0 unspecified atom stereocenters. The third-order valence-corrected chi connectivity index (χ3v) is 2.57. The predicted octanol–water partition coefficient (Wildman–Crippen LogP) is 4.43. The van der Waals surface area contributed by atoms with Crippen molar-refractivity contribution in [2.45, 2.75) is 20.3 Å². The minimum Gasteiger partial charge on any atom is -0.344 e. The van der Waals surface area contributed by atoms with Gasteiger partial charge in [-0.25, -0.2) is 0 Å². The van der Waals surface area contributed by atoms with Gasteiger partial charge >= 0.3 is 0 Å². The van der Waals surface area contributed by atoms with Gasteiger partial charge in [0, 0.05) is 12.1 Å². The van der Waals surface area contributed by atoms with Crippen LogP contribution in [-0.4, -0.2) is 5.84 Å². The fourth-order valence-corrected chi connectivity index (χ4v) is 1.51. The molecule has 1 rings (SSSR count). The van der Waals surface area contributed by atoms with Crippen molar-refractivity contribution in [3.8, 4) is 0 Å². The van der Waals surface area contributed by atoms with Gasteiger partial charge in [0.25, 0.3) is 0 Å². The molecule has 0 saturated carbocycles. The fraction of sp³-hybridized carbons (Fsp3) is 0.364. The van der Waals surface area contributed by atoms with E-state index in [0.717, 1.165) is 12.1 Å². The topological polar surface area (TPSA) is 35.9 Å². The molecule has 0 spiro atoms. The summed E-state index contributed by atoms with van der Waals surface area (Å²) in [7, 11) is 0. The third-order valence-electron chi connectivity index (χ3n) is 1.83. The first-order valence-corrected chi connectivity index (χ1v) is 5.54. The summed E-state index contributed by atoms with van der Waals surface area (Å²) in [5, 5.41) is 11.7. The van der Waals surface area contributed by atoms with E-state index in [9.17, 15) is 0 Å². The number of amidine groups is 1. The zero-order chi connectivity index (χ0) is 11.4. The molecule has 0 fully saturated rings. The molecular formula is C11H14Cl2N2. The van der Waals surface area contributed by atoms with E-state index in [2.05, 4.69) is 19.2 Å². The average molecular weight is 245 g/mol. The second-order valence-corrected chi connectivity index (χ2v) is 4.64. The van der Waals surface area contributed by atoms with Crippen LogP contribution in [0.15, 0.2) is 18.2 Å². The molecule has 0 aliphatic rings. The molecule has 0 atom stereocenters. The van der Waals surface area contributed by atoms with Crippen LogP contribution in [0.4, 0.5) is 5.69 Å². The van der Waals surface area contributed by atoms with E-state index in [0.29, 0.717) is 21.8 Å². The fourth-order valence-electron chi connectivity index (χ4n) is 1.21. The third kappa shape index (κ3) is 4.10. The molecule has 82 valence electrons. The van der Waals surface area contributed by atoms with Gasteiger partial charge in [0.05, 0.1) is 15.9 Å². The quantitative estimate of drug-likeness (QED) is 0.599. The van der Waals surface area contributed by atoms with Gasteiger partial charge in [-0.3, -0.25) is 5.41 Å². The van der Waals surface area contributed by atoms with Crippen LogP contribution in [-0.2, 0) is 0 Å². The highest BCUT2D eigenvalue weighted by Crippen LogP contribution is 2.25. The van der Waals surface area contributed by atoms with Crippen molar-refractivity contribution >= 4 is 34.7 Å². The Kier molecular flexibility index (Phi) is 4.43. The largest absolute Gasteiger partial charge is 0.344 e. The molecule has 0 amide bonds. The van der Waals surface area contributed by atoms with Gasteiger partial charge in [-0.15, -0.1) is 0 Å². The monoisotopic (exact) mass is 244 g/mol. The summed E-state index contributed by atoms with van der Waals surface area (Å²) < 4.78 is 0. The summed E-state index contributed by atoms with van der Waals surface area (Å²) in [6.45, 7) is 4.15. The Morgan fingerprint density at radius 1 is 1.33 bits per heavy atom. The first-order valence-electron chi connectivity index (χ1n) is 4.78. The summed E-state index contributed by atoms with van der Waals surface area (Å²) in [6.07, 6.45) is 0.722. The molecule has 0 heterocycles. The SMILES string of the molecule is CC(C)CC(=N)Nc1ccc(Cl)c(Cl)c1. The lowest BCUT2D eigenvalue weighted by Gasteiger charge is -2.10. The Balaban J connectivity index is 2.65. The average Bonchev–Trinajstić information content (AvgIpc) is 2.10. The molecule has 0 saturated heterocycles. The summed E-state index contributed by atoms with van der Waals surface area (Å²) in [5.74, 6) is 0.955. The molecule has 0 aromatic heterocycles. The van der Waals surface area contributed by atoms with Gasteiger partial charge in [0.2, 0.25) is 0 Å². The highest BCUT2D eigenvalue weighted by atomic mass is 35.5. The lowest BCUT2D eigenvalue weighted by atomic mass is 10.1. The van der Waals surface area contributed by atoms with Crippen molar-refractivity contribution in [3.05, 3.63) is 28.2 Å². The molecular weight excluding hydrogens is 231 g/mol. The molecule has 0 radical (unpaired) electrons. The highest BCUT2D eigenvalue weighted by molar-refractivity contribution is 6.42. The zero-order valence-electron chi connectivity index (χ0n) is 8.77. The van der Waals surface area contributed by atoms with Crippen molar-refractivity contribution in [3.63, 3.8) is 0 Å². The first kappa shape index (κ1) is 12.3. The lowest BCUT2D eigenvalue weighted by molar-refractivity contribution is 0.681. The highest BCUT2D eigenvalue weighted by Gasteiger charge is 2.03. The van der Waals surface area contributed by atoms with E-state index in [1.807, 2.05) is 6.07 Å². The van der Waals surface area contributed by atoms with Crippen molar-refractivity contribution in [1.82, 2.24) is 0 Å². The number of benzene rings is 1. The Labute approximate surface area is 100 Å². The van der Waals surface area contributed by atoms with Crippen molar-refractivity contribution < 1.29 is 0 Å². The Hall–Kier alpha value is -0.730. The minimum absolute atomic E-state index is 0.466. The van der Waals surface area contributed by atoms with E-state index in [4.69, 9.17) is 28.6 Å². The molecule has 1 aromatic carbocycles. The summed E-state index contributed by atoms with van der Waals surface area (Å²) in [5.41, 5.74) is 0.801. The van der Waals surface area contributed by atoms with Gasteiger partial charge in [-0.05, 0) is 24.1 Å². The molecule has 0 aliphatic carbocycles. The normalized spacial score (nSPS) is 10.5. The maximum atomic E-state index is 7.69. The first-order chi connectivity index (χ1) is 6.99. The number of hydrogen-bond acceptors (Lipinski definition) is 1. The van der Waals surface area contributed by atoms with Gasteiger partial charge in [0.1, 0.15) is 0 Å². The summed E-state index contributed by atoms with van der Waals surface area (Å²) in [4.78, 5) is 0. The lowest BCUT2D eigenvalue weighted by Crippen LogP contribution is -2.12. The molecule has 4 heteroatoms. The van der Waals surface area contributed by atoms with Gasteiger partial charge in [0.15, 0.2) is 0 Å². The molecule has 2 N–H and O–H groups in total. The molecule has 0 bridgehead atoms. The minimum atomic E-state index is 0.466. The zero-order valence-corrected chi connectivity index (χ0v) is 10.3. The Morgan fingerprint density at radius 2 is 2.00 bits per heavy atom. The van der Waals surface area contributed by atoms with Gasteiger partial charge < -0.3 is 5.32 Å². The van der Waals surface area contributed by atoms with E-state index in [1.54, 1.807) is 12.1 Å².